The lowest BCUT2D eigenvalue weighted by Gasteiger charge is -2.56. The van der Waals surface area contributed by atoms with E-state index in [0.29, 0.717) is 12.8 Å². The van der Waals surface area contributed by atoms with Gasteiger partial charge in [-0.2, -0.15) is 0 Å². The summed E-state index contributed by atoms with van der Waals surface area (Å²) in [6.07, 6.45) is 8.01. The molecule has 4 aliphatic rings. The Morgan fingerprint density at radius 3 is 2.63 bits per heavy atom. The maximum atomic E-state index is 12.5. The molecule has 0 bridgehead atoms. The van der Waals surface area contributed by atoms with Crippen molar-refractivity contribution in [2.75, 3.05) is 6.61 Å². The lowest BCUT2D eigenvalue weighted by Crippen LogP contribution is -2.59. The third kappa shape index (κ3) is 2.16. The van der Waals surface area contributed by atoms with E-state index in [1.54, 1.807) is 0 Å². The fraction of sp³-hybridized carbons (Fsp3) is 0.682. The Hall–Kier alpha value is -1.59. The number of aliphatic hydroxyl groups excluding tert-OH is 1. The molecule has 2 saturated carbocycles. The Morgan fingerprint density at radius 2 is 1.96 bits per heavy atom. The van der Waals surface area contributed by atoms with Gasteiger partial charge >= 0.3 is 0 Å². The molecule has 0 amide bonds. The first kappa shape index (κ1) is 18.8. The summed E-state index contributed by atoms with van der Waals surface area (Å²) in [5.41, 5.74) is -1.54. The van der Waals surface area contributed by atoms with Gasteiger partial charge in [0.25, 0.3) is 0 Å². The normalized spacial score (nSPS) is 48.6. The van der Waals surface area contributed by atoms with Crippen LogP contribution in [0.15, 0.2) is 23.8 Å². The second kappa shape index (κ2) is 5.71. The molecule has 0 aromatic rings. The minimum Gasteiger partial charge on any atom is -0.388 e. The van der Waals surface area contributed by atoms with Gasteiger partial charge in [-0.15, -0.1) is 0 Å². The Kier molecular flexibility index (Phi) is 3.97. The standard InChI is InChI=1S/C22H28O5/c1-12-8-16-14-5-4-13-9-17(24)18(25)10-20(13,2)15(14)6-7-21(16,3)22(12,27)19(26)11-23/h4-5,9,12,14-16,23,27H,6-8,10-11H2,1-3H3/t12?,14-,15+,16+,20+,21+,22+/m1/s1. The minimum absolute atomic E-state index is 0.106. The summed E-state index contributed by atoms with van der Waals surface area (Å²) in [5, 5.41) is 20.9. The number of carbonyl (C=O) groups excluding carboxylic acids is 3. The van der Waals surface area contributed by atoms with E-state index in [-0.39, 0.29) is 41.3 Å². The molecule has 4 rings (SSSR count). The zero-order valence-electron chi connectivity index (χ0n) is 16.2. The van der Waals surface area contributed by atoms with Crippen LogP contribution in [-0.4, -0.2) is 39.8 Å². The summed E-state index contributed by atoms with van der Waals surface area (Å²) in [6.45, 7) is 5.32. The number of aliphatic hydroxyl groups is 2. The Labute approximate surface area is 159 Å². The van der Waals surface area contributed by atoms with Crippen LogP contribution in [0.3, 0.4) is 0 Å². The molecule has 5 nitrogen and oxygen atoms in total. The molecule has 0 aromatic heterocycles. The van der Waals surface area contributed by atoms with Crippen LogP contribution < -0.4 is 0 Å². The number of allylic oxidation sites excluding steroid dienone is 4. The molecule has 27 heavy (non-hydrogen) atoms. The third-order valence-electron chi connectivity index (χ3n) is 8.55. The third-order valence-corrected chi connectivity index (χ3v) is 8.55. The molecule has 1 unspecified atom stereocenters. The minimum atomic E-state index is -1.51. The Bertz CT molecular complexity index is 795. The molecule has 0 aliphatic heterocycles. The predicted octanol–water partition coefficient (Wildman–Crippen LogP) is 2.01. The maximum absolute atomic E-state index is 12.5. The van der Waals surface area contributed by atoms with Crippen LogP contribution in [0.1, 0.15) is 46.5 Å². The van der Waals surface area contributed by atoms with Crippen molar-refractivity contribution in [3.8, 4) is 0 Å². The summed E-state index contributed by atoms with van der Waals surface area (Å²) in [7, 11) is 0. The second-order valence-electron chi connectivity index (χ2n) is 9.57. The first-order chi connectivity index (χ1) is 12.6. The van der Waals surface area contributed by atoms with E-state index in [0.717, 1.165) is 12.0 Å². The maximum Gasteiger partial charge on any atom is 0.221 e. The van der Waals surface area contributed by atoms with Crippen LogP contribution in [0, 0.1) is 34.5 Å². The molecule has 5 heteroatoms. The molecule has 0 aromatic carbocycles. The number of fused-ring (bicyclic) bond motifs is 5. The number of Topliss-reactive ketones (excluding diaryl/α,β-unsaturated/α-hetero) is 2. The Balaban J connectivity index is 1.77. The van der Waals surface area contributed by atoms with Crippen LogP contribution in [-0.2, 0) is 14.4 Å². The monoisotopic (exact) mass is 372 g/mol. The highest BCUT2D eigenvalue weighted by molar-refractivity contribution is 6.42. The molecule has 0 radical (unpaired) electrons. The van der Waals surface area contributed by atoms with Crippen molar-refractivity contribution in [3.63, 3.8) is 0 Å². The van der Waals surface area contributed by atoms with Gasteiger partial charge < -0.3 is 10.2 Å². The molecule has 0 heterocycles. The first-order valence-corrected chi connectivity index (χ1v) is 9.93. The lowest BCUT2D eigenvalue weighted by atomic mass is 9.48. The second-order valence-corrected chi connectivity index (χ2v) is 9.57. The van der Waals surface area contributed by atoms with Gasteiger partial charge in [-0.3, -0.25) is 14.4 Å². The van der Waals surface area contributed by atoms with Gasteiger partial charge in [-0.25, -0.2) is 0 Å². The van der Waals surface area contributed by atoms with E-state index in [9.17, 15) is 24.6 Å². The Morgan fingerprint density at radius 1 is 1.26 bits per heavy atom. The van der Waals surface area contributed by atoms with Crippen molar-refractivity contribution in [2.45, 2.75) is 52.1 Å². The van der Waals surface area contributed by atoms with Gasteiger partial charge in [0.1, 0.15) is 12.2 Å². The first-order valence-electron chi connectivity index (χ1n) is 9.93. The topological polar surface area (TPSA) is 91.7 Å². The molecule has 2 N–H and O–H groups in total. The predicted molar refractivity (Wildman–Crippen MR) is 98.6 cm³/mol. The molecule has 146 valence electrons. The van der Waals surface area contributed by atoms with Crippen LogP contribution in [0.25, 0.3) is 0 Å². The van der Waals surface area contributed by atoms with Gasteiger partial charge in [0, 0.05) is 17.3 Å². The van der Waals surface area contributed by atoms with Gasteiger partial charge in [-0.1, -0.05) is 32.9 Å². The van der Waals surface area contributed by atoms with E-state index >= 15 is 0 Å². The summed E-state index contributed by atoms with van der Waals surface area (Å²) >= 11 is 0. The summed E-state index contributed by atoms with van der Waals surface area (Å²) in [5.74, 6) is -0.979. The number of rotatable bonds is 2. The molecule has 2 fully saturated rings. The number of ketones is 3. The molecular weight excluding hydrogens is 344 g/mol. The van der Waals surface area contributed by atoms with Crippen molar-refractivity contribution >= 4 is 17.3 Å². The average molecular weight is 372 g/mol. The number of carbonyl (C=O) groups is 3. The van der Waals surface area contributed by atoms with E-state index in [4.69, 9.17) is 0 Å². The van der Waals surface area contributed by atoms with Gasteiger partial charge in [0.15, 0.2) is 5.78 Å². The zero-order valence-corrected chi connectivity index (χ0v) is 16.2. The smallest absolute Gasteiger partial charge is 0.221 e. The van der Waals surface area contributed by atoms with Gasteiger partial charge in [0.2, 0.25) is 11.6 Å². The summed E-state index contributed by atoms with van der Waals surface area (Å²) in [6, 6.07) is 0. The molecule has 4 aliphatic carbocycles. The van der Waals surface area contributed by atoms with Crippen LogP contribution in [0.5, 0.6) is 0 Å². The summed E-state index contributed by atoms with van der Waals surface area (Å²) in [4.78, 5) is 36.6. The van der Waals surface area contributed by atoms with Crippen molar-refractivity contribution < 1.29 is 24.6 Å². The van der Waals surface area contributed by atoms with Crippen molar-refractivity contribution in [1.82, 2.24) is 0 Å². The van der Waals surface area contributed by atoms with Gasteiger partial charge in [-0.05, 0) is 54.6 Å². The highest BCUT2D eigenvalue weighted by Gasteiger charge is 2.68. The van der Waals surface area contributed by atoms with E-state index in [1.165, 1.54) is 6.08 Å². The fourth-order valence-electron chi connectivity index (χ4n) is 6.98. The van der Waals surface area contributed by atoms with Gasteiger partial charge in [0.05, 0.1) is 0 Å². The highest BCUT2D eigenvalue weighted by atomic mass is 16.3. The largest absolute Gasteiger partial charge is 0.388 e. The van der Waals surface area contributed by atoms with Crippen molar-refractivity contribution in [3.05, 3.63) is 23.8 Å². The van der Waals surface area contributed by atoms with E-state index in [2.05, 4.69) is 13.0 Å². The molecule has 0 spiro atoms. The number of hydrogen-bond donors (Lipinski definition) is 2. The zero-order chi connectivity index (χ0) is 19.8. The van der Waals surface area contributed by atoms with Crippen molar-refractivity contribution in [2.24, 2.45) is 34.5 Å². The fourth-order valence-corrected chi connectivity index (χ4v) is 6.98. The van der Waals surface area contributed by atoms with Crippen LogP contribution in [0.4, 0.5) is 0 Å². The van der Waals surface area contributed by atoms with Crippen molar-refractivity contribution in [1.29, 1.82) is 0 Å². The number of hydrogen-bond acceptors (Lipinski definition) is 5. The average Bonchev–Trinajstić information content (AvgIpc) is 2.83. The quantitative estimate of drug-likeness (QED) is 0.724. The molecular formula is C22H28O5. The highest BCUT2D eigenvalue weighted by Crippen LogP contribution is 2.67. The van der Waals surface area contributed by atoms with Crippen LogP contribution >= 0.6 is 0 Å². The lowest BCUT2D eigenvalue weighted by molar-refractivity contribution is -0.167. The SMILES string of the molecule is CC1C[C@H]2[C@@H]3C=CC4=CC(=O)C(=O)C[C@]4(C)[C@H]3CC[C@]2(C)[C@@]1(O)C(=O)CO. The van der Waals surface area contributed by atoms with Crippen LogP contribution in [0.2, 0.25) is 0 Å². The summed E-state index contributed by atoms with van der Waals surface area (Å²) < 4.78 is 0. The van der Waals surface area contributed by atoms with E-state index in [1.807, 2.05) is 19.9 Å². The molecule has 7 atom stereocenters. The molecule has 0 saturated heterocycles. The van der Waals surface area contributed by atoms with E-state index < -0.39 is 29.2 Å².